The number of anilines is 2. The van der Waals surface area contributed by atoms with Gasteiger partial charge < -0.3 is 15.5 Å². The molecular formula is C16H27N5. The van der Waals surface area contributed by atoms with Gasteiger partial charge in [0.15, 0.2) is 0 Å². The summed E-state index contributed by atoms with van der Waals surface area (Å²) in [7, 11) is 0. The molecule has 2 N–H and O–H groups in total. The van der Waals surface area contributed by atoms with E-state index in [0.717, 1.165) is 44.2 Å². The Hall–Kier alpha value is -1.36. The van der Waals surface area contributed by atoms with E-state index in [-0.39, 0.29) is 0 Å². The number of aromatic nitrogens is 2. The number of nitrogen functional groups attached to an aromatic ring is 1. The van der Waals surface area contributed by atoms with Crippen molar-refractivity contribution < 1.29 is 0 Å². The molecule has 0 bridgehead atoms. The number of nitrogens with two attached hydrogens (primary N) is 1. The second kappa shape index (κ2) is 6.60. The van der Waals surface area contributed by atoms with Crippen LogP contribution < -0.4 is 10.6 Å². The molecule has 1 saturated heterocycles. The van der Waals surface area contributed by atoms with E-state index in [9.17, 15) is 0 Å². The molecule has 5 nitrogen and oxygen atoms in total. The lowest BCUT2D eigenvalue weighted by molar-refractivity contribution is 0.270. The van der Waals surface area contributed by atoms with Gasteiger partial charge in [-0.1, -0.05) is 26.2 Å². The highest BCUT2D eigenvalue weighted by molar-refractivity contribution is 5.44. The summed E-state index contributed by atoms with van der Waals surface area (Å²) in [5.74, 6) is 2.05. The van der Waals surface area contributed by atoms with Crippen molar-refractivity contribution in [1.82, 2.24) is 14.9 Å². The van der Waals surface area contributed by atoms with Crippen LogP contribution in [0.15, 0.2) is 6.07 Å². The van der Waals surface area contributed by atoms with Crippen LogP contribution in [0.1, 0.15) is 50.6 Å². The topological polar surface area (TPSA) is 58.3 Å². The second-order valence-electron chi connectivity index (χ2n) is 6.27. The molecule has 0 spiro atoms. The Morgan fingerprint density at radius 2 is 1.81 bits per heavy atom. The zero-order chi connectivity index (χ0) is 14.7. The van der Waals surface area contributed by atoms with Crippen LogP contribution in [-0.4, -0.2) is 47.6 Å². The first-order chi connectivity index (χ1) is 10.3. The van der Waals surface area contributed by atoms with Crippen molar-refractivity contribution in [1.29, 1.82) is 0 Å². The first-order valence-corrected chi connectivity index (χ1v) is 8.38. The maximum absolute atomic E-state index is 5.97. The largest absolute Gasteiger partial charge is 0.368 e. The molecule has 21 heavy (non-hydrogen) atoms. The van der Waals surface area contributed by atoms with E-state index in [1.165, 1.54) is 32.1 Å². The predicted octanol–water partition coefficient (Wildman–Crippen LogP) is 2.25. The quantitative estimate of drug-likeness (QED) is 0.925. The van der Waals surface area contributed by atoms with Gasteiger partial charge in [0.05, 0.1) is 5.69 Å². The first-order valence-electron chi connectivity index (χ1n) is 8.38. The van der Waals surface area contributed by atoms with Crippen LogP contribution in [-0.2, 0) is 0 Å². The van der Waals surface area contributed by atoms with Crippen LogP contribution in [0.3, 0.4) is 0 Å². The van der Waals surface area contributed by atoms with Crippen molar-refractivity contribution >= 4 is 11.8 Å². The summed E-state index contributed by atoms with van der Waals surface area (Å²) >= 11 is 0. The highest BCUT2D eigenvalue weighted by Crippen LogP contribution is 2.33. The lowest BCUT2D eigenvalue weighted by Crippen LogP contribution is -2.46. The second-order valence-corrected chi connectivity index (χ2v) is 6.27. The van der Waals surface area contributed by atoms with E-state index >= 15 is 0 Å². The SMILES string of the molecule is CCN1CCN(c2cc(C3CCCCC3)nc(N)n2)CC1. The summed E-state index contributed by atoms with van der Waals surface area (Å²) < 4.78 is 0. The molecule has 3 rings (SSSR count). The predicted molar refractivity (Wildman–Crippen MR) is 86.6 cm³/mol. The van der Waals surface area contributed by atoms with Gasteiger partial charge in [0, 0.05) is 38.2 Å². The molecule has 1 aromatic rings. The fraction of sp³-hybridized carbons (Fsp3) is 0.750. The average molecular weight is 289 g/mol. The minimum Gasteiger partial charge on any atom is -0.368 e. The summed E-state index contributed by atoms with van der Waals surface area (Å²) in [5, 5.41) is 0. The Kier molecular flexibility index (Phi) is 4.58. The highest BCUT2D eigenvalue weighted by atomic mass is 15.3. The molecule has 0 atom stereocenters. The third-order valence-electron chi connectivity index (χ3n) is 4.92. The average Bonchev–Trinajstić information content (AvgIpc) is 2.55. The Bertz CT molecular complexity index is 462. The van der Waals surface area contributed by atoms with Gasteiger partial charge in [-0.05, 0) is 19.4 Å². The molecule has 0 unspecified atom stereocenters. The fourth-order valence-corrected chi connectivity index (χ4v) is 3.53. The summed E-state index contributed by atoms with van der Waals surface area (Å²) in [6.45, 7) is 7.65. The van der Waals surface area contributed by atoms with Crippen LogP contribution in [0.4, 0.5) is 11.8 Å². The van der Waals surface area contributed by atoms with E-state index in [1.54, 1.807) is 0 Å². The fourth-order valence-electron chi connectivity index (χ4n) is 3.53. The van der Waals surface area contributed by atoms with Gasteiger partial charge in [-0.3, -0.25) is 0 Å². The van der Waals surface area contributed by atoms with Gasteiger partial charge >= 0.3 is 0 Å². The van der Waals surface area contributed by atoms with E-state index < -0.39 is 0 Å². The first kappa shape index (κ1) is 14.6. The lowest BCUT2D eigenvalue weighted by atomic mass is 9.87. The summed E-state index contributed by atoms with van der Waals surface area (Å²) in [6, 6.07) is 2.19. The van der Waals surface area contributed by atoms with Gasteiger partial charge in [0.2, 0.25) is 5.95 Å². The van der Waals surface area contributed by atoms with E-state index in [1.807, 2.05) is 0 Å². The lowest BCUT2D eigenvalue weighted by Gasteiger charge is -2.35. The zero-order valence-electron chi connectivity index (χ0n) is 13.1. The Balaban J connectivity index is 1.74. The standard InChI is InChI=1S/C16H27N5/c1-2-20-8-10-21(11-9-20)15-12-14(18-16(17)19-15)13-6-4-3-5-7-13/h12-13H,2-11H2,1H3,(H2,17,18,19). The van der Waals surface area contributed by atoms with Gasteiger partial charge in [-0.15, -0.1) is 0 Å². The molecule has 1 aliphatic carbocycles. The Morgan fingerprint density at radius 1 is 1.10 bits per heavy atom. The van der Waals surface area contributed by atoms with Crippen LogP contribution >= 0.6 is 0 Å². The third-order valence-corrected chi connectivity index (χ3v) is 4.92. The maximum Gasteiger partial charge on any atom is 0.222 e. The third kappa shape index (κ3) is 3.46. The van der Waals surface area contributed by atoms with E-state index in [2.05, 4.69) is 32.8 Å². The summed E-state index contributed by atoms with van der Waals surface area (Å²) in [5.41, 5.74) is 7.13. The molecule has 1 aromatic heterocycles. The van der Waals surface area contributed by atoms with Crippen molar-refractivity contribution in [2.45, 2.75) is 44.9 Å². The van der Waals surface area contributed by atoms with Gasteiger partial charge in [-0.2, -0.15) is 4.98 Å². The van der Waals surface area contributed by atoms with Crippen molar-refractivity contribution in [2.75, 3.05) is 43.4 Å². The number of nitrogens with zero attached hydrogens (tertiary/aromatic N) is 4. The molecule has 116 valence electrons. The van der Waals surface area contributed by atoms with Crippen LogP contribution in [0.2, 0.25) is 0 Å². The molecule has 1 saturated carbocycles. The Morgan fingerprint density at radius 3 is 2.48 bits per heavy atom. The molecule has 0 radical (unpaired) electrons. The molecule has 5 heteroatoms. The van der Waals surface area contributed by atoms with Crippen LogP contribution in [0.5, 0.6) is 0 Å². The smallest absolute Gasteiger partial charge is 0.222 e. The molecule has 0 aromatic carbocycles. The maximum atomic E-state index is 5.97. The Labute approximate surface area is 127 Å². The summed E-state index contributed by atoms with van der Waals surface area (Å²) in [6.07, 6.45) is 6.50. The van der Waals surface area contributed by atoms with Crippen LogP contribution in [0.25, 0.3) is 0 Å². The van der Waals surface area contributed by atoms with Crippen molar-refractivity contribution in [2.24, 2.45) is 0 Å². The minimum absolute atomic E-state index is 0.436. The molecule has 0 amide bonds. The van der Waals surface area contributed by atoms with Gasteiger partial charge in [0.25, 0.3) is 0 Å². The molecule has 2 heterocycles. The van der Waals surface area contributed by atoms with Crippen molar-refractivity contribution in [3.8, 4) is 0 Å². The minimum atomic E-state index is 0.436. The number of rotatable bonds is 3. The highest BCUT2D eigenvalue weighted by Gasteiger charge is 2.21. The van der Waals surface area contributed by atoms with Crippen molar-refractivity contribution in [3.63, 3.8) is 0 Å². The van der Waals surface area contributed by atoms with Crippen LogP contribution in [0, 0.1) is 0 Å². The van der Waals surface area contributed by atoms with Crippen molar-refractivity contribution in [3.05, 3.63) is 11.8 Å². The molecule has 2 aliphatic rings. The monoisotopic (exact) mass is 289 g/mol. The number of likely N-dealkylation sites (N-methyl/N-ethyl adjacent to an activating group) is 1. The number of piperazine rings is 1. The number of hydrogen-bond acceptors (Lipinski definition) is 5. The number of hydrogen-bond donors (Lipinski definition) is 1. The van der Waals surface area contributed by atoms with Gasteiger partial charge in [0.1, 0.15) is 5.82 Å². The zero-order valence-corrected chi connectivity index (χ0v) is 13.1. The molecule has 2 fully saturated rings. The normalized spacial score (nSPS) is 21.7. The van der Waals surface area contributed by atoms with E-state index in [0.29, 0.717) is 11.9 Å². The molecule has 1 aliphatic heterocycles. The summed E-state index contributed by atoms with van der Waals surface area (Å²) in [4.78, 5) is 13.8. The van der Waals surface area contributed by atoms with Gasteiger partial charge in [-0.25, -0.2) is 4.98 Å². The van der Waals surface area contributed by atoms with E-state index in [4.69, 9.17) is 5.73 Å². The molecular weight excluding hydrogens is 262 g/mol.